The van der Waals surface area contributed by atoms with Crippen molar-refractivity contribution in [2.75, 3.05) is 0 Å². The van der Waals surface area contributed by atoms with Crippen LogP contribution < -0.4 is 0 Å². The molecule has 132 valence electrons. The van der Waals surface area contributed by atoms with Gasteiger partial charge in [0.2, 0.25) is 0 Å². The second-order valence-corrected chi connectivity index (χ2v) is 6.31. The molecule has 22 heavy (non-hydrogen) atoms. The van der Waals surface area contributed by atoms with Gasteiger partial charge in [-0.05, 0) is 24.7 Å². The standard InChI is InChI=1S/2C9H18O2/c2*1-3-8(2)6-4-5-7-9(10)11/h2*8H,3-7H2,1-2H3,(H,10,11). The quantitative estimate of drug-likeness (QED) is 0.476. The molecule has 0 aromatic carbocycles. The topological polar surface area (TPSA) is 74.6 Å². The molecule has 4 nitrogen and oxygen atoms in total. The summed E-state index contributed by atoms with van der Waals surface area (Å²) in [6, 6.07) is 0. The van der Waals surface area contributed by atoms with Crippen molar-refractivity contribution in [1.29, 1.82) is 0 Å². The zero-order chi connectivity index (χ0) is 17.4. The molecule has 0 aliphatic carbocycles. The zero-order valence-electron chi connectivity index (χ0n) is 14.9. The molecule has 0 spiro atoms. The zero-order valence-corrected chi connectivity index (χ0v) is 14.9. The highest BCUT2D eigenvalue weighted by Gasteiger charge is 2.01. The van der Waals surface area contributed by atoms with E-state index in [1.165, 1.54) is 25.7 Å². The Morgan fingerprint density at radius 1 is 0.727 bits per heavy atom. The van der Waals surface area contributed by atoms with E-state index in [4.69, 9.17) is 10.2 Å². The minimum atomic E-state index is -0.672. The number of hydrogen-bond donors (Lipinski definition) is 2. The first-order chi connectivity index (χ1) is 10.3. The summed E-state index contributed by atoms with van der Waals surface area (Å²) in [4.78, 5) is 20.2. The fourth-order valence-corrected chi connectivity index (χ4v) is 1.95. The molecule has 2 atom stereocenters. The summed E-state index contributed by atoms with van der Waals surface area (Å²) in [7, 11) is 0. The van der Waals surface area contributed by atoms with Gasteiger partial charge < -0.3 is 10.2 Å². The van der Waals surface area contributed by atoms with Gasteiger partial charge in [-0.15, -0.1) is 0 Å². The van der Waals surface area contributed by atoms with E-state index in [0.29, 0.717) is 12.8 Å². The van der Waals surface area contributed by atoms with Crippen molar-refractivity contribution >= 4 is 11.9 Å². The lowest BCUT2D eigenvalue weighted by Crippen LogP contribution is -1.96. The molecule has 2 N–H and O–H groups in total. The molecule has 0 aromatic rings. The molecule has 0 rings (SSSR count). The number of carboxylic acids is 2. The Bertz CT molecular complexity index is 248. The molecular formula is C18H36O4. The van der Waals surface area contributed by atoms with Crippen LogP contribution in [0.15, 0.2) is 0 Å². The third-order valence-corrected chi connectivity index (χ3v) is 4.07. The van der Waals surface area contributed by atoms with Crippen LogP contribution in [0.2, 0.25) is 0 Å². The van der Waals surface area contributed by atoms with Crippen LogP contribution >= 0.6 is 0 Å². The van der Waals surface area contributed by atoms with Gasteiger partial charge in [-0.25, -0.2) is 0 Å². The Labute approximate surface area is 136 Å². The van der Waals surface area contributed by atoms with Gasteiger partial charge in [-0.3, -0.25) is 9.59 Å². The van der Waals surface area contributed by atoms with E-state index in [2.05, 4.69) is 27.7 Å². The van der Waals surface area contributed by atoms with Crippen molar-refractivity contribution < 1.29 is 19.8 Å². The first kappa shape index (κ1) is 23.2. The van der Waals surface area contributed by atoms with Crippen molar-refractivity contribution in [2.24, 2.45) is 11.8 Å². The van der Waals surface area contributed by atoms with E-state index in [1.54, 1.807) is 0 Å². The highest BCUT2D eigenvalue weighted by Crippen LogP contribution is 2.12. The van der Waals surface area contributed by atoms with Crippen LogP contribution in [0, 0.1) is 11.8 Å². The largest absolute Gasteiger partial charge is 0.481 e. The van der Waals surface area contributed by atoms with E-state index in [-0.39, 0.29) is 0 Å². The molecular weight excluding hydrogens is 280 g/mol. The van der Waals surface area contributed by atoms with Gasteiger partial charge in [0.1, 0.15) is 0 Å². The van der Waals surface area contributed by atoms with Gasteiger partial charge >= 0.3 is 11.9 Å². The van der Waals surface area contributed by atoms with E-state index < -0.39 is 11.9 Å². The third kappa shape index (κ3) is 21.2. The van der Waals surface area contributed by atoms with Crippen LogP contribution in [-0.4, -0.2) is 22.2 Å². The molecule has 0 bridgehead atoms. The summed E-state index contributed by atoms with van der Waals surface area (Å²) in [6.07, 6.45) is 9.18. The van der Waals surface area contributed by atoms with Crippen LogP contribution in [0.25, 0.3) is 0 Å². The van der Waals surface area contributed by atoms with Crippen LogP contribution in [0.3, 0.4) is 0 Å². The van der Waals surface area contributed by atoms with Crippen molar-refractivity contribution in [2.45, 2.75) is 91.9 Å². The maximum Gasteiger partial charge on any atom is 0.303 e. The summed E-state index contributed by atoms with van der Waals surface area (Å²) in [5, 5.41) is 16.7. The SMILES string of the molecule is CCC(C)CCCCC(=O)O.CCC(C)CCCCC(=O)O. The molecule has 0 aliphatic rings. The molecule has 0 aliphatic heterocycles. The Hall–Kier alpha value is -1.06. The molecule has 0 radical (unpaired) electrons. The van der Waals surface area contributed by atoms with E-state index in [1.807, 2.05) is 0 Å². The second-order valence-electron chi connectivity index (χ2n) is 6.31. The second kappa shape index (κ2) is 16.3. The third-order valence-electron chi connectivity index (χ3n) is 4.07. The number of hydrogen-bond acceptors (Lipinski definition) is 2. The van der Waals surface area contributed by atoms with Crippen molar-refractivity contribution in [1.82, 2.24) is 0 Å². The van der Waals surface area contributed by atoms with Crippen LogP contribution in [-0.2, 0) is 9.59 Å². The highest BCUT2D eigenvalue weighted by molar-refractivity contribution is 5.66. The first-order valence-electron chi connectivity index (χ1n) is 8.76. The summed E-state index contributed by atoms with van der Waals surface area (Å²) in [6.45, 7) is 8.76. The van der Waals surface area contributed by atoms with Crippen LogP contribution in [0.1, 0.15) is 91.9 Å². The van der Waals surface area contributed by atoms with Crippen molar-refractivity contribution in [3.05, 3.63) is 0 Å². The van der Waals surface area contributed by atoms with Crippen LogP contribution in [0.5, 0.6) is 0 Å². The predicted molar refractivity (Wildman–Crippen MR) is 91.1 cm³/mol. The maximum absolute atomic E-state index is 10.1. The Morgan fingerprint density at radius 2 is 1.05 bits per heavy atom. The number of carboxylic acid groups (broad SMARTS) is 2. The fourth-order valence-electron chi connectivity index (χ4n) is 1.95. The summed E-state index contributed by atoms with van der Waals surface area (Å²) >= 11 is 0. The first-order valence-corrected chi connectivity index (χ1v) is 8.76. The molecule has 0 heterocycles. The average molecular weight is 316 g/mol. The summed E-state index contributed by atoms with van der Waals surface area (Å²) < 4.78 is 0. The molecule has 0 saturated carbocycles. The maximum atomic E-state index is 10.1. The van der Waals surface area contributed by atoms with E-state index in [0.717, 1.165) is 37.5 Å². The van der Waals surface area contributed by atoms with Gasteiger partial charge in [0, 0.05) is 12.8 Å². The predicted octanol–water partition coefficient (Wildman–Crippen LogP) is 5.36. The lowest BCUT2D eigenvalue weighted by Gasteiger charge is -2.05. The molecule has 0 fully saturated rings. The highest BCUT2D eigenvalue weighted by atomic mass is 16.4. The van der Waals surface area contributed by atoms with Gasteiger partial charge in [0.25, 0.3) is 0 Å². The molecule has 4 heteroatoms. The number of rotatable bonds is 12. The molecule has 0 amide bonds. The molecule has 0 saturated heterocycles. The van der Waals surface area contributed by atoms with Crippen molar-refractivity contribution in [3.8, 4) is 0 Å². The lowest BCUT2D eigenvalue weighted by molar-refractivity contribution is -0.138. The number of aliphatic carboxylic acids is 2. The number of unbranched alkanes of at least 4 members (excludes halogenated alkanes) is 2. The van der Waals surface area contributed by atoms with Gasteiger partial charge in [0.15, 0.2) is 0 Å². The van der Waals surface area contributed by atoms with Gasteiger partial charge in [-0.1, -0.05) is 66.2 Å². The Kier molecular flexibility index (Phi) is 17.2. The Morgan fingerprint density at radius 3 is 1.27 bits per heavy atom. The van der Waals surface area contributed by atoms with E-state index in [9.17, 15) is 9.59 Å². The minimum Gasteiger partial charge on any atom is -0.481 e. The summed E-state index contributed by atoms with van der Waals surface area (Å²) in [5.74, 6) is 0.163. The van der Waals surface area contributed by atoms with Gasteiger partial charge in [-0.2, -0.15) is 0 Å². The van der Waals surface area contributed by atoms with Crippen LogP contribution in [0.4, 0.5) is 0 Å². The van der Waals surface area contributed by atoms with Crippen molar-refractivity contribution in [3.63, 3.8) is 0 Å². The van der Waals surface area contributed by atoms with Gasteiger partial charge in [0.05, 0.1) is 0 Å². The Balaban J connectivity index is 0. The van der Waals surface area contributed by atoms with E-state index >= 15 is 0 Å². The lowest BCUT2D eigenvalue weighted by atomic mass is 10.0. The smallest absolute Gasteiger partial charge is 0.303 e. The minimum absolute atomic E-state index is 0.330. The molecule has 2 unspecified atom stereocenters. The fraction of sp³-hybridized carbons (Fsp3) is 0.889. The normalized spacial score (nSPS) is 12.9. The number of carbonyl (C=O) groups is 2. The molecule has 0 aromatic heterocycles. The average Bonchev–Trinajstić information content (AvgIpc) is 2.47. The summed E-state index contributed by atoms with van der Waals surface area (Å²) in [5.41, 5.74) is 0. The monoisotopic (exact) mass is 316 g/mol.